The molecule has 0 aliphatic rings. The van der Waals surface area contributed by atoms with Crippen molar-refractivity contribution in [3.63, 3.8) is 0 Å². The number of rotatable bonds is 9. The number of amides is 1. The second-order valence-electron chi connectivity index (χ2n) is 5.63. The van der Waals surface area contributed by atoms with Crippen LogP contribution in [0.5, 0.6) is 5.75 Å². The second kappa shape index (κ2) is 9.86. The van der Waals surface area contributed by atoms with Crippen LogP contribution in [0.15, 0.2) is 53.5 Å². The zero-order valence-corrected chi connectivity index (χ0v) is 16.8. The fourth-order valence-electron chi connectivity index (χ4n) is 2.34. The molecule has 3 rings (SSSR count). The third-order valence-electron chi connectivity index (χ3n) is 3.67. The number of halogens is 1. The number of para-hydroxylation sites is 1. The molecule has 0 saturated heterocycles. The zero-order valence-electron chi connectivity index (χ0n) is 15.2. The Morgan fingerprint density at radius 1 is 1.41 bits per heavy atom. The Morgan fingerprint density at radius 3 is 3.00 bits per heavy atom. The molecule has 0 fully saturated rings. The number of carbonyl (C=O) groups is 1. The van der Waals surface area contributed by atoms with Crippen LogP contribution in [0, 0.1) is 17.1 Å². The van der Waals surface area contributed by atoms with Gasteiger partial charge in [-0.15, -0.1) is 28.1 Å². The number of nitrogens with one attached hydrogen (secondary N) is 1. The molecule has 0 saturated carbocycles. The van der Waals surface area contributed by atoms with Gasteiger partial charge in [0.15, 0.2) is 22.5 Å². The summed E-state index contributed by atoms with van der Waals surface area (Å²) in [6.45, 7) is 4.16. The van der Waals surface area contributed by atoms with Crippen molar-refractivity contribution in [1.82, 2.24) is 14.8 Å². The molecule has 3 aromatic rings. The van der Waals surface area contributed by atoms with E-state index in [0.29, 0.717) is 28.1 Å². The topological polar surface area (TPSA) is 92.8 Å². The van der Waals surface area contributed by atoms with Gasteiger partial charge in [-0.2, -0.15) is 5.26 Å². The van der Waals surface area contributed by atoms with Gasteiger partial charge in [0, 0.05) is 6.54 Å². The lowest BCUT2D eigenvalue weighted by molar-refractivity contribution is -0.113. The first kappa shape index (κ1) is 20.6. The Bertz CT molecular complexity index is 1060. The maximum Gasteiger partial charge on any atom is 0.235 e. The highest BCUT2D eigenvalue weighted by Crippen LogP contribution is 2.24. The van der Waals surface area contributed by atoms with Crippen LogP contribution in [0.2, 0.25) is 0 Å². The van der Waals surface area contributed by atoms with Gasteiger partial charge in [0.1, 0.15) is 17.7 Å². The molecule has 2 aromatic heterocycles. The summed E-state index contributed by atoms with van der Waals surface area (Å²) in [4.78, 5) is 12.2. The Hall–Kier alpha value is -3.16. The number of nitrogens with zero attached hydrogens (tertiary/aromatic N) is 4. The van der Waals surface area contributed by atoms with E-state index in [1.54, 1.807) is 34.2 Å². The predicted octanol–water partition coefficient (Wildman–Crippen LogP) is 3.85. The molecule has 0 spiro atoms. The van der Waals surface area contributed by atoms with Gasteiger partial charge in [-0.3, -0.25) is 9.36 Å². The number of anilines is 1. The monoisotopic (exact) mass is 429 g/mol. The van der Waals surface area contributed by atoms with Gasteiger partial charge in [0.05, 0.1) is 11.3 Å². The van der Waals surface area contributed by atoms with E-state index in [-0.39, 0.29) is 24.0 Å². The van der Waals surface area contributed by atoms with Gasteiger partial charge in [-0.05, 0) is 23.6 Å². The molecule has 1 N–H and O–H groups in total. The van der Waals surface area contributed by atoms with Crippen LogP contribution in [0.3, 0.4) is 0 Å². The van der Waals surface area contributed by atoms with Gasteiger partial charge in [-0.25, -0.2) is 4.39 Å². The number of thiophene rings is 1. The highest BCUT2D eigenvalue weighted by molar-refractivity contribution is 7.99. The average Bonchev–Trinajstić information content (AvgIpc) is 3.32. The number of aromatic nitrogens is 3. The predicted molar refractivity (Wildman–Crippen MR) is 109 cm³/mol. The molecule has 29 heavy (non-hydrogen) atoms. The maximum absolute atomic E-state index is 13.7. The summed E-state index contributed by atoms with van der Waals surface area (Å²) in [6.07, 6.45) is 1.67. The summed E-state index contributed by atoms with van der Waals surface area (Å²) in [5, 5.41) is 22.7. The highest BCUT2D eigenvalue weighted by atomic mass is 32.2. The van der Waals surface area contributed by atoms with Gasteiger partial charge in [0.2, 0.25) is 5.91 Å². The third kappa shape index (κ3) is 5.22. The van der Waals surface area contributed by atoms with Crippen molar-refractivity contribution in [3.05, 3.63) is 65.6 Å². The zero-order chi connectivity index (χ0) is 20.6. The number of nitriles is 1. The van der Waals surface area contributed by atoms with Crippen molar-refractivity contribution < 1.29 is 13.9 Å². The first-order valence-corrected chi connectivity index (χ1v) is 10.3. The molecule has 10 heteroatoms. The fraction of sp³-hybridized carbons (Fsp3) is 0.158. The van der Waals surface area contributed by atoms with E-state index in [2.05, 4.69) is 22.1 Å². The van der Waals surface area contributed by atoms with Crippen LogP contribution in [-0.4, -0.2) is 26.4 Å². The molecule has 148 valence electrons. The number of allylic oxidation sites excluding steroid dienone is 1. The average molecular weight is 430 g/mol. The highest BCUT2D eigenvalue weighted by Gasteiger charge is 2.15. The minimum Gasteiger partial charge on any atom is -0.483 e. The smallest absolute Gasteiger partial charge is 0.235 e. The quantitative estimate of drug-likeness (QED) is 0.410. The summed E-state index contributed by atoms with van der Waals surface area (Å²) in [5.41, 5.74) is 0.427. The lowest BCUT2D eigenvalue weighted by Crippen LogP contribution is -2.14. The Kier molecular flexibility index (Phi) is 6.99. The Morgan fingerprint density at radius 2 is 2.24 bits per heavy atom. The molecule has 0 bridgehead atoms. The van der Waals surface area contributed by atoms with Crippen LogP contribution in [0.25, 0.3) is 0 Å². The van der Waals surface area contributed by atoms with Crippen molar-refractivity contribution in [2.45, 2.75) is 18.3 Å². The SMILES string of the molecule is C=CCn1c(COc2ccccc2F)nnc1SCC(=O)Nc1sccc1C#N. The number of benzene rings is 1. The third-order valence-corrected chi connectivity index (χ3v) is 5.47. The molecule has 0 unspecified atom stereocenters. The van der Waals surface area contributed by atoms with Crippen LogP contribution < -0.4 is 10.1 Å². The summed E-state index contributed by atoms with van der Waals surface area (Å²) >= 11 is 2.49. The van der Waals surface area contributed by atoms with Gasteiger partial charge in [-0.1, -0.05) is 30.0 Å². The van der Waals surface area contributed by atoms with E-state index in [0.717, 1.165) is 0 Å². The van der Waals surface area contributed by atoms with Gasteiger partial charge < -0.3 is 10.1 Å². The molecule has 1 amide bonds. The van der Waals surface area contributed by atoms with E-state index in [4.69, 9.17) is 10.00 Å². The fourth-order valence-corrected chi connectivity index (χ4v) is 3.86. The summed E-state index contributed by atoms with van der Waals surface area (Å²) in [5.74, 6) is -0.0173. The standard InChI is InChI=1S/C19H16FN5O2S2/c1-2-8-25-16(11-27-15-6-4-3-5-14(15)20)23-24-19(25)29-12-17(26)22-18-13(10-21)7-9-28-18/h2-7,9H,1,8,11-12H2,(H,22,26). The minimum atomic E-state index is -0.459. The molecule has 0 radical (unpaired) electrons. The number of carbonyl (C=O) groups excluding carboxylic acids is 1. The lowest BCUT2D eigenvalue weighted by atomic mass is 10.3. The van der Waals surface area contributed by atoms with Crippen molar-refractivity contribution in [2.24, 2.45) is 0 Å². The van der Waals surface area contributed by atoms with E-state index in [1.807, 2.05) is 6.07 Å². The molecule has 0 aliphatic heterocycles. The summed E-state index contributed by atoms with van der Waals surface area (Å²) in [6, 6.07) is 9.78. The Labute approximate surface area is 174 Å². The molecular weight excluding hydrogens is 413 g/mol. The molecule has 2 heterocycles. The van der Waals surface area contributed by atoms with Crippen LogP contribution in [0.4, 0.5) is 9.39 Å². The van der Waals surface area contributed by atoms with Crippen molar-refractivity contribution in [1.29, 1.82) is 5.26 Å². The van der Waals surface area contributed by atoms with Gasteiger partial charge >= 0.3 is 0 Å². The van der Waals surface area contributed by atoms with E-state index < -0.39 is 5.82 Å². The first-order chi connectivity index (χ1) is 14.1. The van der Waals surface area contributed by atoms with E-state index >= 15 is 0 Å². The largest absolute Gasteiger partial charge is 0.483 e. The van der Waals surface area contributed by atoms with E-state index in [9.17, 15) is 9.18 Å². The maximum atomic E-state index is 13.7. The second-order valence-corrected chi connectivity index (χ2v) is 7.49. The number of hydrogen-bond donors (Lipinski definition) is 1. The molecule has 1 aromatic carbocycles. The minimum absolute atomic E-state index is 0.0231. The molecule has 0 aliphatic carbocycles. The Balaban J connectivity index is 1.63. The normalized spacial score (nSPS) is 10.3. The van der Waals surface area contributed by atoms with Gasteiger partial charge in [0.25, 0.3) is 0 Å². The molecule has 7 nitrogen and oxygen atoms in total. The molecule has 0 atom stereocenters. The summed E-state index contributed by atoms with van der Waals surface area (Å²) in [7, 11) is 0. The van der Waals surface area contributed by atoms with Crippen molar-refractivity contribution >= 4 is 34.0 Å². The van der Waals surface area contributed by atoms with Crippen LogP contribution in [-0.2, 0) is 17.9 Å². The van der Waals surface area contributed by atoms with Crippen molar-refractivity contribution in [3.8, 4) is 11.8 Å². The number of thioether (sulfide) groups is 1. The van der Waals surface area contributed by atoms with E-state index in [1.165, 1.54) is 35.2 Å². The van der Waals surface area contributed by atoms with Crippen LogP contribution in [0.1, 0.15) is 11.4 Å². The lowest BCUT2D eigenvalue weighted by Gasteiger charge is -2.09. The first-order valence-electron chi connectivity index (χ1n) is 8.43. The molecular formula is C19H16FN5O2S2. The van der Waals surface area contributed by atoms with Crippen molar-refractivity contribution in [2.75, 3.05) is 11.1 Å². The summed E-state index contributed by atoms with van der Waals surface area (Å²) < 4.78 is 21.0. The number of ether oxygens (including phenoxy) is 1. The van der Waals surface area contributed by atoms with Crippen LogP contribution >= 0.6 is 23.1 Å². The number of hydrogen-bond acceptors (Lipinski definition) is 7.